The maximum atomic E-state index is 11.5. The number of fused-ring (bicyclic) bond motifs is 1. The summed E-state index contributed by atoms with van der Waals surface area (Å²) in [5, 5.41) is 22.4. The van der Waals surface area contributed by atoms with Gasteiger partial charge >= 0.3 is 0 Å². The summed E-state index contributed by atoms with van der Waals surface area (Å²) < 4.78 is 0. The van der Waals surface area contributed by atoms with Gasteiger partial charge in [0, 0.05) is 30.6 Å². The molecule has 0 aromatic carbocycles. The molecular weight excluding hydrogens is 280 g/mol. The Bertz CT molecular complexity index is 612. The summed E-state index contributed by atoms with van der Waals surface area (Å²) in [5.74, 6) is 0.493. The molecule has 20 heavy (non-hydrogen) atoms. The van der Waals surface area contributed by atoms with E-state index in [1.54, 1.807) is 6.20 Å². The number of hydrogen-bond acceptors (Lipinski definition) is 6. The van der Waals surface area contributed by atoms with E-state index in [1.165, 1.54) is 18.1 Å². The SMILES string of the molecule is CSCC(O)C(O)CNCc1c[nH]c2c(=O)[nH]cnc12. The average molecular weight is 298 g/mol. The normalized spacial score (nSPS) is 14.6. The first-order chi connectivity index (χ1) is 9.63. The van der Waals surface area contributed by atoms with E-state index in [4.69, 9.17) is 0 Å². The predicted molar refractivity (Wildman–Crippen MR) is 78.8 cm³/mol. The Kier molecular flexibility index (Phi) is 5.18. The van der Waals surface area contributed by atoms with Crippen LogP contribution in [0.2, 0.25) is 0 Å². The molecule has 2 rings (SSSR count). The lowest BCUT2D eigenvalue weighted by atomic mass is 10.2. The van der Waals surface area contributed by atoms with Gasteiger partial charge in [0.2, 0.25) is 0 Å². The summed E-state index contributed by atoms with van der Waals surface area (Å²) in [6, 6.07) is 0. The number of aromatic nitrogens is 3. The Morgan fingerprint density at radius 3 is 2.95 bits per heavy atom. The molecular formula is C12H18N4O3S. The summed E-state index contributed by atoms with van der Waals surface area (Å²) in [6.07, 6.45) is 3.38. The number of nitrogens with one attached hydrogen (secondary N) is 3. The first kappa shape index (κ1) is 15.0. The molecule has 0 radical (unpaired) electrons. The van der Waals surface area contributed by atoms with Crippen molar-refractivity contribution in [2.24, 2.45) is 0 Å². The molecule has 0 saturated heterocycles. The van der Waals surface area contributed by atoms with Crippen LogP contribution < -0.4 is 10.9 Å². The molecule has 0 bridgehead atoms. The Labute approximate surface area is 119 Å². The molecule has 0 amide bonds. The van der Waals surface area contributed by atoms with Crippen molar-refractivity contribution >= 4 is 22.8 Å². The monoisotopic (exact) mass is 298 g/mol. The van der Waals surface area contributed by atoms with Gasteiger partial charge in [-0.05, 0) is 6.26 Å². The van der Waals surface area contributed by atoms with Crippen molar-refractivity contribution in [2.75, 3.05) is 18.6 Å². The van der Waals surface area contributed by atoms with Crippen LogP contribution in [0.4, 0.5) is 0 Å². The third kappa shape index (κ3) is 3.40. The van der Waals surface area contributed by atoms with Crippen molar-refractivity contribution in [1.29, 1.82) is 0 Å². The van der Waals surface area contributed by atoms with Crippen molar-refractivity contribution in [3.63, 3.8) is 0 Å². The third-order valence-corrected chi connectivity index (χ3v) is 3.67. The molecule has 110 valence electrons. The average Bonchev–Trinajstić information content (AvgIpc) is 2.84. The molecule has 2 aromatic heterocycles. The second-order valence-electron chi connectivity index (χ2n) is 4.49. The van der Waals surface area contributed by atoms with Crippen LogP contribution in [0.5, 0.6) is 0 Å². The van der Waals surface area contributed by atoms with E-state index in [0.717, 1.165) is 5.56 Å². The molecule has 2 aromatic rings. The van der Waals surface area contributed by atoms with Crippen LogP contribution >= 0.6 is 11.8 Å². The van der Waals surface area contributed by atoms with E-state index in [9.17, 15) is 15.0 Å². The van der Waals surface area contributed by atoms with Gasteiger partial charge in [-0.15, -0.1) is 0 Å². The van der Waals surface area contributed by atoms with Crippen LogP contribution in [0.3, 0.4) is 0 Å². The highest BCUT2D eigenvalue weighted by molar-refractivity contribution is 7.98. The second-order valence-corrected chi connectivity index (χ2v) is 5.40. The Morgan fingerprint density at radius 1 is 1.40 bits per heavy atom. The van der Waals surface area contributed by atoms with Crippen LogP contribution in [-0.4, -0.2) is 55.9 Å². The van der Waals surface area contributed by atoms with Gasteiger partial charge in [0.25, 0.3) is 5.56 Å². The Balaban J connectivity index is 1.93. The summed E-state index contributed by atoms with van der Waals surface area (Å²) in [6.45, 7) is 0.733. The maximum absolute atomic E-state index is 11.5. The van der Waals surface area contributed by atoms with Crippen molar-refractivity contribution < 1.29 is 10.2 Å². The lowest BCUT2D eigenvalue weighted by Gasteiger charge is -2.17. The largest absolute Gasteiger partial charge is 0.390 e. The summed E-state index contributed by atoms with van der Waals surface area (Å²) >= 11 is 1.48. The van der Waals surface area contributed by atoms with Gasteiger partial charge in [-0.1, -0.05) is 0 Å². The van der Waals surface area contributed by atoms with Crippen LogP contribution in [-0.2, 0) is 6.54 Å². The molecule has 2 unspecified atom stereocenters. The molecule has 5 N–H and O–H groups in total. The van der Waals surface area contributed by atoms with Gasteiger partial charge in [-0.3, -0.25) is 4.79 Å². The van der Waals surface area contributed by atoms with E-state index in [-0.39, 0.29) is 12.1 Å². The minimum absolute atomic E-state index is 0.211. The highest BCUT2D eigenvalue weighted by Crippen LogP contribution is 2.11. The minimum atomic E-state index is -0.816. The van der Waals surface area contributed by atoms with E-state index in [0.29, 0.717) is 23.3 Å². The number of nitrogens with zero attached hydrogens (tertiary/aromatic N) is 1. The lowest BCUT2D eigenvalue weighted by molar-refractivity contribution is 0.0347. The first-order valence-corrected chi connectivity index (χ1v) is 7.62. The number of rotatable bonds is 7. The quantitative estimate of drug-likeness (QED) is 0.467. The highest BCUT2D eigenvalue weighted by atomic mass is 32.2. The smallest absolute Gasteiger partial charge is 0.275 e. The molecule has 7 nitrogen and oxygen atoms in total. The molecule has 8 heteroatoms. The van der Waals surface area contributed by atoms with Crippen molar-refractivity contribution in [3.05, 3.63) is 28.4 Å². The topological polar surface area (TPSA) is 114 Å². The fourth-order valence-corrected chi connectivity index (χ4v) is 2.48. The van der Waals surface area contributed by atoms with Gasteiger partial charge in [-0.25, -0.2) is 4.98 Å². The zero-order valence-electron chi connectivity index (χ0n) is 11.1. The number of thioether (sulfide) groups is 1. The standard InChI is InChI=1S/C12H18N4O3S/c1-20-5-9(18)8(17)4-13-2-7-3-14-11-10(7)15-6-16-12(11)19/h3,6,8-9,13-14,17-18H,2,4-5H2,1H3,(H,15,16,19). The molecule has 0 saturated carbocycles. The fraction of sp³-hybridized carbons (Fsp3) is 0.500. The van der Waals surface area contributed by atoms with Crippen molar-refractivity contribution in [1.82, 2.24) is 20.3 Å². The van der Waals surface area contributed by atoms with Gasteiger partial charge in [0.15, 0.2) is 0 Å². The van der Waals surface area contributed by atoms with E-state index in [1.807, 2.05) is 6.26 Å². The Hall–Kier alpha value is -1.35. The zero-order chi connectivity index (χ0) is 14.5. The van der Waals surface area contributed by atoms with E-state index < -0.39 is 12.2 Å². The van der Waals surface area contributed by atoms with Crippen LogP contribution in [0, 0.1) is 0 Å². The molecule has 2 atom stereocenters. The minimum Gasteiger partial charge on any atom is -0.390 e. The van der Waals surface area contributed by atoms with Gasteiger partial charge in [-0.2, -0.15) is 11.8 Å². The van der Waals surface area contributed by atoms with E-state index >= 15 is 0 Å². The fourth-order valence-electron chi connectivity index (χ4n) is 1.91. The summed E-state index contributed by atoms with van der Waals surface area (Å²) in [4.78, 5) is 21.0. The number of aromatic amines is 2. The highest BCUT2D eigenvalue weighted by Gasteiger charge is 2.15. The van der Waals surface area contributed by atoms with Crippen LogP contribution in [0.15, 0.2) is 17.3 Å². The second kappa shape index (κ2) is 6.89. The molecule has 0 spiro atoms. The van der Waals surface area contributed by atoms with Crippen LogP contribution in [0.25, 0.3) is 11.0 Å². The van der Waals surface area contributed by atoms with E-state index in [2.05, 4.69) is 20.3 Å². The van der Waals surface area contributed by atoms with Gasteiger partial charge in [0.1, 0.15) is 5.52 Å². The van der Waals surface area contributed by atoms with Crippen molar-refractivity contribution in [2.45, 2.75) is 18.8 Å². The first-order valence-electron chi connectivity index (χ1n) is 6.23. The third-order valence-electron chi connectivity index (χ3n) is 3.00. The molecule has 0 aliphatic heterocycles. The van der Waals surface area contributed by atoms with Crippen LogP contribution in [0.1, 0.15) is 5.56 Å². The molecule has 0 fully saturated rings. The van der Waals surface area contributed by atoms with Crippen molar-refractivity contribution in [3.8, 4) is 0 Å². The molecule has 0 aliphatic rings. The summed E-state index contributed by atoms with van der Waals surface area (Å²) in [7, 11) is 0. The summed E-state index contributed by atoms with van der Waals surface area (Å²) in [5.41, 5.74) is 1.68. The number of H-pyrrole nitrogens is 2. The van der Waals surface area contributed by atoms with Gasteiger partial charge in [0.05, 0.1) is 24.1 Å². The molecule has 2 heterocycles. The lowest BCUT2D eigenvalue weighted by Crippen LogP contribution is -2.37. The Morgan fingerprint density at radius 2 is 2.20 bits per heavy atom. The number of aliphatic hydroxyl groups is 2. The number of hydrogen-bond donors (Lipinski definition) is 5. The number of aliphatic hydroxyl groups excluding tert-OH is 2. The maximum Gasteiger partial charge on any atom is 0.275 e. The molecule has 0 aliphatic carbocycles. The predicted octanol–water partition coefficient (Wildman–Crippen LogP) is -0.574. The van der Waals surface area contributed by atoms with Gasteiger partial charge < -0.3 is 25.5 Å². The zero-order valence-corrected chi connectivity index (χ0v) is 11.9.